The second-order valence-corrected chi connectivity index (χ2v) is 8.93. The minimum absolute atomic E-state index is 0.0232. The normalized spacial score (nSPS) is 20.4. The van der Waals surface area contributed by atoms with Crippen molar-refractivity contribution in [2.75, 3.05) is 43.0 Å². The highest BCUT2D eigenvalue weighted by molar-refractivity contribution is 6.51. The largest absolute Gasteiger partial charge is 0.508 e. The van der Waals surface area contributed by atoms with Gasteiger partial charge in [0.2, 0.25) is 0 Å². The van der Waals surface area contributed by atoms with E-state index in [9.17, 15) is 19.8 Å². The summed E-state index contributed by atoms with van der Waals surface area (Å²) >= 11 is 0. The van der Waals surface area contributed by atoms with E-state index in [1.807, 2.05) is 30.3 Å². The molecule has 178 valence electrons. The van der Waals surface area contributed by atoms with Crippen LogP contribution >= 0.6 is 0 Å². The third kappa shape index (κ3) is 4.26. The van der Waals surface area contributed by atoms with Gasteiger partial charge in [0.05, 0.1) is 11.6 Å². The Morgan fingerprint density at radius 2 is 1.40 bits per heavy atom. The molecule has 0 saturated carbocycles. The SMILES string of the molecule is CN1CCN(c2ccc(N3C(=O)C(=O)/C(=C(/O)c4ccccc4)C3c3ccc(O)cc3)cc2)CC1. The lowest BCUT2D eigenvalue weighted by Gasteiger charge is -2.34. The first-order valence-electron chi connectivity index (χ1n) is 11.6. The zero-order valence-corrected chi connectivity index (χ0v) is 19.5. The molecule has 1 amide bonds. The molecule has 2 aliphatic heterocycles. The summed E-state index contributed by atoms with van der Waals surface area (Å²) in [6, 6.07) is 21.9. The van der Waals surface area contributed by atoms with Gasteiger partial charge < -0.3 is 20.0 Å². The number of aliphatic hydroxyl groups excluding tert-OH is 1. The van der Waals surface area contributed by atoms with Gasteiger partial charge in [0, 0.05) is 43.1 Å². The van der Waals surface area contributed by atoms with E-state index in [1.165, 1.54) is 17.0 Å². The Morgan fingerprint density at radius 3 is 2.03 bits per heavy atom. The fraction of sp³-hybridized carbons (Fsp3) is 0.214. The number of aromatic hydroxyl groups is 1. The van der Waals surface area contributed by atoms with Crippen molar-refractivity contribution in [2.45, 2.75) is 6.04 Å². The van der Waals surface area contributed by atoms with Gasteiger partial charge in [-0.15, -0.1) is 0 Å². The van der Waals surface area contributed by atoms with E-state index in [-0.39, 0.29) is 17.1 Å². The van der Waals surface area contributed by atoms with Crippen LogP contribution in [0.4, 0.5) is 11.4 Å². The molecule has 2 aliphatic rings. The monoisotopic (exact) mass is 469 g/mol. The number of benzene rings is 3. The molecular weight excluding hydrogens is 442 g/mol. The Kier molecular flexibility index (Phi) is 6.01. The van der Waals surface area contributed by atoms with Crippen molar-refractivity contribution in [1.82, 2.24) is 4.90 Å². The Labute approximate surface area is 204 Å². The molecule has 2 saturated heterocycles. The highest BCUT2D eigenvalue weighted by atomic mass is 16.3. The summed E-state index contributed by atoms with van der Waals surface area (Å²) in [5.74, 6) is -1.59. The van der Waals surface area contributed by atoms with Gasteiger partial charge in [-0.25, -0.2) is 0 Å². The Morgan fingerprint density at radius 1 is 0.800 bits per heavy atom. The number of phenols is 1. The van der Waals surface area contributed by atoms with Gasteiger partial charge in [-0.05, 0) is 49.0 Å². The minimum Gasteiger partial charge on any atom is -0.508 e. The molecule has 35 heavy (non-hydrogen) atoms. The van der Waals surface area contributed by atoms with Crippen molar-refractivity contribution < 1.29 is 19.8 Å². The van der Waals surface area contributed by atoms with Crippen LogP contribution in [0.5, 0.6) is 5.75 Å². The maximum absolute atomic E-state index is 13.3. The van der Waals surface area contributed by atoms with Crippen LogP contribution in [0, 0.1) is 0 Å². The smallest absolute Gasteiger partial charge is 0.300 e. The number of carbonyl (C=O) groups is 2. The van der Waals surface area contributed by atoms with E-state index in [1.54, 1.807) is 36.4 Å². The summed E-state index contributed by atoms with van der Waals surface area (Å²) in [6.45, 7) is 3.81. The fourth-order valence-corrected chi connectivity index (χ4v) is 4.71. The number of piperazine rings is 1. The van der Waals surface area contributed by atoms with Gasteiger partial charge in [0.1, 0.15) is 11.5 Å². The van der Waals surface area contributed by atoms with Crippen molar-refractivity contribution in [3.8, 4) is 5.75 Å². The van der Waals surface area contributed by atoms with Crippen LogP contribution in [0.15, 0.2) is 84.4 Å². The molecule has 0 bridgehead atoms. The second kappa shape index (κ2) is 9.27. The summed E-state index contributed by atoms with van der Waals surface area (Å²) < 4.78 is 0. The van der Waals surface area contributed by atoms with E-state index in [2.05, 4.69) is 16.8 Å². The molecule has 0 spiro atoms. The molecule has 0 radical (unpaired) electrons. The molecule has 0 aromatic heterocycles. The summed E-state index contributed by atoms with van der Waals surface area (Å²) in [6.07, 6.45) is 0. The first kappa shape index (κ1) is 22.7. The maximum Gasteiger partial charge on any atom is 0.300 e. The number of aliphatic hydroxyl groups is 1. The molecule has 7 nitrogen and oxygen atoms in total. The standard InChI is InChI=1S/C28H27N3O4/c1-29-15-17-30(18-16-29)21-9-11-22(12-10-21)31-25(19-7-13-23(32)14-8-19)24(27(34)28(31)35)26(33)20-5-3-2-4-6-20/h2-14,25,32-33H,15-18H2,1H3/b26-24+. The van der Waals surface area contributed by atoms with E-state index >= 15 is 0 Å². The van der Waals surface area contributed by atoms with Crippen molar-refractivity contribution in [2.24, 2.45) is 0 Å². The van der Waals surface area contributed by atoms with Crippen molar-refractivity contribution in [3.05, 3.63) is 95.6 Å². The number of Topliss-reactive ketones (excluding diaryl/α,β-unsaturated/α-hetero) is 1. The van der Waals surface area contributed by atoms with Gasteiger partial charge in [0.25, 0.3) is 11.7 Å². The third-order valence-corrected chi connectivity index (χ3v) is 6.70. The van der Waals surface area contributed by atoms with Gasteiger partial charge in [-0.3, -0.25) is 14.5 Å². The average molecular weight is 470 g/mol. The number of anilines is 2. The number of phenolic OH excluding ortho intramolecular Hbond substituents is 1. The zero-order chi connectivity index (χ0) is 24.5. The summed E-state index contributed by atoms with van der Waals surface area (Å²) in [7, 11) is 2.11. The summed E-state index contributed by atoms with van der Waals surface area (Å²) in [5.41, 5.74) is 2.72. The van der Waals surface area contributed by atoms with Crippen LogP contribution in [0.3, 0.4) is 0 Å². The van der Waals surface area contributed by atoms with Crippen molar-refractivity contribution in [3.63, 3.8) is 0 Å². The molecule has 1 unspecified atom stereocenters. The Balaban J connectivity index is 1.57. The molecule has 2 N–H and O–H groups in total. The predicted octanol–water partition coefficient (Wildman–Crippen LogP) is 3.77. The Bertz CT molecular complexity index is 1260. The number of carbonyl (C=O) groups excluding carboxylic acids is 2. The van der Waals surface area contributed by atoms with Crippen LogP contribution in [0.1, 0.15) is 17.2 Å². The highest BCUT2D eigenvalue weighted by Crippen LogP contribution is 2.42. The van der Waals surface area contributed by atoms with E-state index < -0.39 is 17.7 Å². The molecule has 3 aromatic rings. The van der Waals surface area contributed by atoms with Gasteiger partial charge in [-0.1, -0.05) is 42.5 Å². The van der Waals surface area contributed by atoms with E-state index in [4.69, 9.17) is 0 Å². The zero-order valence-electron chi connectivity index (χ0n) is 19.5. The first-order valence-corrected chi connectivity index (χ1v) is 11.6. The number of amides is 1. The average Bonchev–Trinajstić information content (AvgIpc) is 3.15. The molecule has 5 rings (SSSR count). The maximum atomic E-state index is 13.3. The van der Waals surface area contributed by atoms with Crippen LogP contribution in [0.2, 0.25) is 0 Å². The number of likely N-dealkylation sites (N-methyl/N-ethyl adjacent to an activating group) is 1. The highest BCUT2D eigenvalue weighted by Gasteiger charge is 2.47. The quantitative estimate of drug-likeness (QED) is 0.344. The molecule has 7 heteroatoms. The molecule has 2 heterocycles. The second-order valence-electron chi connectivity index (χ2n) is 8.93. The number of ketones is 1. The van der Waals surface area contributed by atoms with Crippen LogP contribution in [-0.4, -0.2) is 60.0 Å². The lowest BCUT2D eigenvalue weighted by Crippen LogP contribution is -2.44. The van der Waals surface area contributed by atoms with Gasteiger partial charge in [-0.2, -0.15) is 0 Å². The number of nitrogens with zero attached hydrogens (tertiary/aromatic N) is 3. The van der Waals surface area contributed by atoms with Crippen LogP contribution < -0.4 is 9.80 Å². The molecule has 2 fully saturated rings. The molecular formula is C28H27N3O4. The van der Waals surface area contributed by atoms with Gasteiger partial charge in [0.15, 0.2) is 0 Å². The lowest BCUT2D eigenvalue weighted by atomic mass is 9.95. The molecule has 1 atom stereocenters. The third-order valence-electron chi connectivity index (χ3n) is 6.70. The van der Waals surface area contributed by atoms with Crippen LogP contribution in [0.25, 0.3) is 5.76 Å². The van der Waals surface area contributed by atoms with Crippen LogP contribution in [-0.2, 0) is 9.59 Å². The van der Waals surface area contributed by atoms with E-state index in [0.717, 1.165) is 31.9 Å². The minimum atomic E-state index is -0.828. The Hall–Kier alpha value is -4.10. The summed E-state index contributed by atoms with van der Waals surface area (Å²) in [4.78, 5) is 32.5. The molecule has 0 aliphatic carbocycles. The topological polar surface area (TPSA) is 84.3 Å². The predicted molar refractivity (Wildman–Crippen MR) is 135 cm³/mol. The molecule has 3 aromatic carbocycles. The van der Waals surface area contributed by atoms with Crippen molar-refractivity contribution >= 4 is 28.8 Å². The van der Waals surface area contributed by atoms with Crippen molar-refractivity contribution in [1.29, 1.82) is 0 Å². The number of rotatable bonds is 4. The fourth-order valence-electron chi connectivity index (χ4n) is 4.71. The number of hydrogen-bond donors (Lipinski definition) is 2. The van der Waals surface area contributed by atoms with E-state index in [0.29, 0.717) is 16.8 Å². The lowest BCUT2D eigenvalue weighted by molar-refractivity contribution is -0.132. The first-order chi connectivity index (χ1) is 16.9. The summed E-state index contributed by atoms with van der Waals surface area (Å²) in [5, 5.41) is 20.9. The number of hydrogen-bond acceptors (Lipinski definition) is 6. The van der Waals surface area contributed by atoms with Gasteiger partial charge >= 0.3 is 0 Å².